The predicted molar refractivity (Wildman–Crippen MR) is 53.5 cm³/mol. The van der Waals surface area contributed by atoms with Gasteiger partial charge in [-0.1, -0.05) is 11.6 Å². The molecule has 1 rings (SSSR count). The van der Waals surface area contributed by atoms with Gasteiger partial charge in [-0.3, -0.25) is 0 Å². The van der Waals surface area contributed by atoms with E-state index in [2.05, 4.69) is 0 Å². The van der Waals surface area contributed by atoms with Crippen molar-refractivity contribution in [2.24, 2.45) is 0 Å². The summed E-state index contributed by atoms with van der Waals surface area (Å²) in [5, 5.41) is 8.38. The van der Waals surface area contributed by atoms with Gasteiger partial charge in [-0.15, -0.1) is 0 Å². The van der Waals surface area contributed by atoms with Crippen LogP contribution >= 0.6 is 11.6 Å². The highest BCUT2D eigenvalue weighted by Crippen LogP contribution is 2.20. The van der Waals surface area contributed by atoms with E-state index in [4.69, 9.17) is 21.4 Å². The molecule has 0 unspecified atom stereocenters. The van der Waals surface area contributed by atoms with Crippen LogP contribution in [0, 0.1) is 11.6 Å². The van der Waals surface area contributed by atoms with Gasteiger partial charge in [0, 0.05) is 5.02 Å². The zero-order valence-corrected chi connectivity index (χ0v) is 8.93. The lowest BCUT2D eigenvalue weighted by molar-refractivity contribution is -0.142. The molecule has 0 aromatic heterocycles. The van der Waals surface area contributed by atoms with Crippen molar-refractivity contribution < 1.29 is 23.4 Å². The molecule has 16 heavy (non-hydrogen) atoms. The average molecular weight is 251 g/mol. The Morgan fingerprint density at radius 1 is 1.38 bits per heavy atom. The number of ether oxygens (including phenoxy) is 1. The molecule has 1 aromatic rings. The third-order valence-electron chi connectivity index (χ3n) is 1.83. The number of carboxylic acid groups (broad SMARTS) is 1. The van der Waals surface area contributed by atoms with Gasteiger partial charge in [-0.25, -0.2) is 13.6 Å². The van der Waals surface area contributed by atoms with Gasteiger partial charge in [0.25, 0.3) is 0 Å². The molecule has 3 nitrogen and oxygen atoms in total. The molecular weight excluding hydrogens is 242 g/mol. The number of halogens is 3. The van der Waals surface area contributed by atoms with Crippen LogP contribution in [0.2, 0.25) is 5.02 Å². The fourth-order valence-electron chi connectivity index (χ4n) is 1.10. The standard InChI is InChI=1S/C10H9ClF2O3/c11-7-4-9(13)8(12)3-6(7)1-2-16-5-10(14)15/h3-4H,1-2,5H2,(H,14,15). The third kappa shape index (κ3) is 3.75. The van der Waals surface area contributed by atoms with E-state index in [1.807, 2.05) is 0 Å². The SMILES string of the molecule is O=C(O)COCCc1cc(F)c(F)cc1Cl. The van der Waals surface area contributed by atoms with Crippen molar-refractivity contribution in [2.45, 2.75) is 6.42 Å². The second kappa shape index (κ2) is 5.77. The first-order valence-electron chi connectivity index (χ1n) is 4.43. The minimum Gasteiger partial charge on any atom is -0.480 e. The smallest absolute Gasteiger partial charge is 0.329 e. The van der Waals surface area contributed by atoms with Gasteiger partial charge in [0.05, 0.1) is 6.61 Å². The van der Waals surface area contributed by atoms with Crippen molar-refractivity contribution in [1.29, 1.82) is 0 Å². The normalized spacial score (nSPS) is 10.4. The highest BCUT2D eigenvalue weighted by atomic mass is 35.5. The Labute approximate surface area is 95.6 Å². The lowest BCUT2D eigenvalue weighted by Crippen LogP contribution is -2.09. The molecule has 0 fully saturated rings. The summed E-state index contributed by atoms with van der Waals surface area (Å²) in [6.45, 7) is -0.349. The summed E-state index contributed by atoms with van der Waals surface area (Å²) in [6, 6.07) is 1.85. The molecular formula is C10H9ClF2O3. The Hall–Kier alpha value is -1.20. The molecule has 0 heterocycles. The van der Waals surface area contributed by atoms with Crippen LogP contribution < -0.4 is 0 Å². The number of carboxylic acids is 1. The van der Waals surface area contributed by atoms with Crippen LogP contribution in [0.5, 0.6) is 0 Å². The van der Waals surface area contributed by atoms with Gasteiger partial charge in [0.2, 0.25) is 0 Å². The summed E-state index contributed by atoms with van der Waals surface area (Å²) < 4.78 is 30.3. The first kappa shape index (κ1) is 12.9. The zero-order chi connectivity index (χ0) is 12.1. The first-order chi connectivity index (χ1) is 7.50. The molecule has 88 valence electrons. The molecule has 0 aliphatic carbocycles. The summed E-state index contributed by atoms with van der Waals surface area (Å²) in [4.78, 5) is 10.1. The van der Waals surface area contributed by atoms with Gasteiger partial charge >= 0.3 is 5.97 Å². The Morgan fingerprint density at radius 3 is 2.62 bits per heavy atom. The van der Waals surface area contributed by atoms with Crippen LogP contribution in [0.1, 0.15) is 5.56 Å². The Balaban J connectivity index is 2.54. The molecule has 0 aliphatic heterocycles. The lowest BCUT2D eigenvalue weighted by Gasteiger charge is -2.05. The molecule has 0 saturated heterocycles. The van der Waals surface area contributed by atoms with E-state index in [0.717, 1.165) is 12.1 Å². The molecule has 1 N–H and O–H groups in total. The molecule has 6 heteroatoms. The van der Waals surface area contributed by atoms with Crippen molar-refractivity contribution >= 4 is 17.6 Å². The fraction of sp³-hybridized carbons (Fsp3) is 0.300. The molecule has 1 aromatic carbocycles. The minimum atomic E-state index is -1.09. The number of hydrogen-bond acceptors (Lipinski definition) is 2. The van der Waals surface area contributed by atoms with Gasteiger partial charge in [-0.05, 0) is 24.1 Å². The number of benzene rings is 1. The minimum absolute atomic E-state index is 0.0804. The molecule has 0 bridgehead atoms. The second-order valence-electron chi connectivity index (χ2n) is 3.05. The molecule has 0 atom stereocenters. The lowest BCUT2D eigenvalue weighted by atomic mass is 10.1. The molecule has 0 radical (unpaired) electrons. The summed E-state index contributed by atoms with van der Waals surface area (Å²) in [5.41, 5.74) is 0.381. The maximum absolute atomic E-state index is 12.8. The van der Waals surface area contributed by atoms with E-state index >= 15 is 0 Å². The van der Waals surface area contributed by atoms with Gasteiger partial charge < -0.3 is 9.84 Å². The highest BCUT2D eigenvalue weighted by molar-refractivity contribution is 6.31. The van der Waals surface area contributed by atoms with Crippen LogP contribution in [0.4, 0.5) is 8.78 Å². The highest BCUT2D eigenvalue weighted by Gasteiger charge is 2.08. The van der Waals surface area contributed by atoms with Crippen LogP contribution in [0.15, 0.2) is 12.1 Å². The Morgan fingerprint density at radius 2 is 2.00 bits per heavy atom. The van der Waals surface area contributed by atoms with Gasteiger partial charge in [0.1, 0.15) is 6.61 Å². The first-order valence-corrected chi connectivity index (χ1v) is 4.81. The fourth-order valence-corrected chi connectivity index (χ4v) is 1.34. The zero-order valence-electron chi connectivity index (χ0n) is 8.17. The molecule has 0 amide bonds. The van der Waals surface area contributed by atoms with Gasteiger partial charge in [-0.2, -0.15) is 0 Å². The van der Waals surface area contributed by atoms with Crippen molar-refractivity contribution in [3.8, 4) is 0 Å². The topological polar surface area (TPSA) is 46.5 Å². The summed E-state index contributed by atoms with van der Waals surface area (Å²) in [5.74, 6) is -3.09. The van der Waals surface area contributed by atoms with Crippen molar-refractivity contribution in [3.05, 3.63) is 34.4 Å². The van der Waals surface area contributed by atoms with Gasteiger partial charge in [0.15, 0.2) is 11.6 Å². The second-order valence-corrected chi connectivity index (χ2v) is 3.46. The maximum Gasteiger partial charge on any atom is 0.329 e. The Kier molecular flexibility index (Phi) is 4.64. The van der Waals surface area contributed by atoms with Crippen molar-refractivity contribution in [2.75, 3.05) is 13.2 Å². The molecule has 0 saturated carbocycles. The van der Waals surface area contributed by atoms with Crippen LogP contribution in [0.25, 0.3) is 0 Å². The van der Waals surface area contributed by atoms with Crippen LogP contribution in [0.3, 0.4) is 0 Å². The summed E-state index contributed by atoms with van der Waals surface area (Å²) in [6.07, 6.45) is 0.226. The average Bonchev–Trinajstić information content (AvgIpc) is 2.19. The predicted octanol–water partition coefficient (Wildman–Crippen LogP) is 2.26. The van der Waals surface area contributed by atoms with E-state index in [-0.39, 0.29) is 18.1 Å². The number of rotatable bonds is 5. The van der Waals surface area contributed by atoms with Crippen molar-refractivity contribution in [1.82, 2.24) is 0 Å². The Bertz CT molecular complexity index is 396. The number of aliphatic carboxylic acids is 1. The quantitative estimate of drug-likeness (QED) is 0.644. The third-order valence-corrected chi connectivity index (χ3v) is 2.18. The van der Waals surface area contributed by atoms with E-state index in [1.165, 1.54) is 0 Å². The monoisotopic (exact) mass is 250 g/mol. The largest absolute Gasteiger partial charge is 0.480 e. The number of carbonyl (C=O) groups is 1. The van der Waals surface area contributed by atoms with E-state index in [0.29, 0.717) is 5.56 Å². The van der Waals surface area contributed by atoms with Crippen LogP contribution in [-0.4, -0.2) is 24.3 Å². The van der Waals surface area contributed by atoms with E-state index in [1.54, 1.807) is 0 Å². The van der Waals surface area contributed by atoms with E-state index < -0.39 is 24.2 Å². The number of hydrogen-bond donors (Lipinski definition) is 1. The summed E-state index contributed by atoms with van der Waals surface area (Å²) >= 11 is 5.66. The molecule has 0 aliphatic rings. The maximum atomic E-state index is 12.8. The van der Waals surface area contributed by atoms with Crippen molar-refractivity contribution in [3.63, 3.8) is 0 Å². The summed E-state index contributed by atoms with van der Waals surface area (Å²) in [7, 11) is 0. The van der Waals surface area contributed by atoms with Crippen LogP contribution in [-0.2, 0) is 16.0 Å². The molecule has 0 spiro atoms. The van der Waals surface area contributed by atoms with E-state index in [9.17, 15) is 13.6 Å².